The van der Waals surface area contributed by atoms with Crippen molar-refractivity contribution in [3.05, 3.63) is 35.6 Å². The molecule has 120 valence electrons. The van der Waals surface area contributed by atoms with Gasteiger partial charge in [-0.05, 0) is 43.4 Å². The van der Waals surface area contributed by atoms with Crippen molar-refractivity contribution >= 4 is 5.91 Å². The van der Waals surface area contributed by atoms with Gasteiger partial charge in [0.15, 0.2) is 0 Å². The summed E-state index contributed by atoms with van der Waals surface area (Å²) < 4.78 is 51.6. The minimum atomic E-state index is -4.26. The molecule has 1 aromatic rings. The van der Waals surface area contributed by atoms with E-state index < -0.39 is 17.5 Å². The lowest BCUT2D eigenvalue weighted by atomic mass is 9.91. The van der Waals surface area contributed by atoms with Crippen LogP contribution in [0.25, 0.3) is 0 Å². The van der Waals surface area contributed by atoms with Crippen LogP contribution < -0.4 is 0 Å². The predicted molar refractivity (Wildman–Crippen MR) is 72.7 cm³/mol. The molecular formula is C16H17F4NO. The van der Waals surface area contributed by atoms with E-state index >= 15 is 0 Å². The highest BCUT2D eigenvalue weighted by atomic mass is 19.4. The van der Waals surface area contributed by atoms with E-state index in [0.29, 0.717) is 31.4 Å². The number of benzene rings is 1. The predicted octanol–water partition coefficient (Wildman–Crippen LogP) is 3.66. The lowest BCUT2D eigenvalue weighted by molar-refractivity contribution is -0.188. The maximum absolute atomic E-state index is 13.0. The number of hydrogen-bond acceptors (Lipinski definition) is 1. The van der Waals surface area contributed by atoms with Crippen LogP contribution in [0, 0.1) is 11.7 Å². The van der Waals surface area contributed by atoms with Crippen LogP contribution in [0.5, 0.6) is 0 Å². The summed E-state index contributed by atoms with van der Waals surface area (Å²) in [5.41, 5.74) is -0.0331. The number of hydrogen-bond donors (Lipinski definition) is 0. The molecule has 0 N–H and O–H groups in total. The summed E-state index contributed by atoms with van der Waals surface area (Å²) in [4.78, 5) is 14.1. The van der Waals surface area contributed by atoms with Crippen LogP contribution in [0.1, 0.15) is 31.2 Å². The maximum atomic E-state index is 13.0. The van der Waals surface area contributed by atoms with Crippen LogP contribution in [-0.2, 0) is 10.2 Å². The molecule has 1 aliphatic carbocycles. The smallest absolute Gasteiger partial charge is 0.341 e. The van der Waals surface area contributed by atoms with Gasteiger partial charge in [-0.1, -0.05) is 12.1 Å². The number of carbonyl (C=O) groups excluding carboxylic acids is 1. The van der Waals surface area contributed by atoms with Crippen molar-refractivity contribution in [2.75, 3.05) is 13.1 Å². The van der Waals surface area contributed by atoms with E-state index in [-0.39, 0.29) is 24.7 Å². The van der Waals surface area contributed by atoms with Gasteiger partial charge in [0.1, 0.15) is 5.82 Å². The highest BCUT2D eigenvalue weighted by molar-refractivity contribution is 5.91. The standard InChI is InChI=1S/C16H17F4NO/c17-13-5-3-11(4-6-13)15(7-8-15)14(22)21-9-1-2-12(10-21)16(18,19)20/h3-6,12H,1-2,7-10H2/t12-/m0/s1. The Hall–Kier alpha value is -1.59. The molecule has 0 unspecified atom stereocenters. The van der Waals surface area contributed by atoms with E-state index in [1.165, 1.54) is 17.0 Å². The molecule has 2 nitrogen and oxygen atoms in total. The van der Waals surface area contributed by atoms with Gasteiger partial charge in [0, 0.05) is 13.1 Å². The molecule has 1 amide bonds. The molecule has 2 fully saturated rings. The topological polar surface area (TPSA) is 20.3 Å². The zero-order chi connectivity index (χ0) is 16.0. The van der Waals surface area contributed by atoms with Gasteiger partial charge in [-0.3, -0.25) is 4.79 Å². The SMILES string of the molecule is O=C(N1CCC[C@H](C(F)(F)F)C1)C1(c2ccc(F)cc2)CC1. The van der Waals surface area contributed by atoms with Crippen LogP contribution in [0.2, 0.25) is 0 Å². The van der Waals surface area contributed by atoms with Crippen LogP contribution in [-0.4, -0.2) is 30.1 Å². The number of piperidine rings is 1. The van der Waals surface area contributed by atoms with Gasteiger partial charge in [0.2, 0.25) is 5.91 Å². The summed E-state index contributed by atoms with van der Waals surface area (Å²) in [5, 5.41) is 0. The fourth-order valence-corrected chi connectivity index (χ4v) is 3.25. The van der Waals surface area contributed by atoms with Crippen molar-refractivity contribution in [1.29, 1.82) is 0 Å². The second-order valence-electron chi connectivity index (χ2n) is 6.22. The first-order chi connectivity index (χ1) is 10.3. The second-order valence-corrected chi connectivity index (χ2v) is 6.22. The van der Waals surface area contributed by atoms with E-state index in [4.69, 9.17) is 0 Å². The van der Waals surface area contributed by atoms with Gasteiger partial charge < -0.3 is 4.90 Å². The number of carbonyl (C=O) groups is 1. The van der Waals surface area contributed by atoms with E-state index in [9.17, 15) is 22.4 Å². The lowest BCUT2D eigenvalue weighted by Gasteiger charge is -2.36. The molecule has 1 aromatic carbocycles. The summed E-state index contributed by atoms with van der Waals surface area (Å²) in [5.74, 6) is -2.07. The number of halogens is 4. The second kappa shape index (κ2) is 5.25. The fourth-order valence-electron chi connectivity index (χ4n) is 3.25. The summed E-state index contributed by atoms with van der Waals surface area (Å²) in [6, 6.07) is 5.70. The van der Waals surface area contributed by atoms with E-state index in [2.05, 4.69) is 0 Å². The minimum absolute atomic E-state index is 0.0802. The van der Waals surface area contributed by atoms with Crippen molar-refractivity contribution in [3.63, 3.8) is 0 Å². The largest absolute Gasteiger partial charge is 0.393 e. The van der Waals surface area contributed by atoms with Crippen molar-refractivity contribution in [2.24, 2.45) is 5.92 Å². The first kappa shape index (κ1) is 15.3. The fraction of sp³-hybridized carbons (Fsp3) is 0.562. The lowest BCUT2D eigenvalue weighted by Crippen LogP contribution is -2.48. The van der Waals surface area contributed by atoms with Crippen molar-refractivity contribution < 1.29 is 22.4 Å². The van der Waals surface area contributed by atoms with Crippen molar-refractivity contribution in [3.8, 4) is 0 Å². The molecule has 3 rings (SSSR count). The summed E-state index contributed by atoms with van der Waals surface area (Å²) in [6.07, 6.45) is -2.58. The number of alkyl halides is 3. The van der Waals surface area contributed by atoms with Gasteiger partial charge in [-0.2, -0.15) is 13.2 Å². The first-order valence-electron chi connectivity index (χ1n) is 7.45. The molecule has 1 heterocycles. The molecule has 2 aliphatic rings. The zero-order valence-electron chi connectivity index (χ0n) is 12.0. The number of rotatable bonds is 2. The van der Waals surface area contributed by atoms with Gasteiger partial charge >= 0.3 is 6.18 Å². The Morgan fingerprint density at radius 1 is 1.18 bits per heavy atom. The summed E-state index contributed by atoms with van der Waals surface area (Å²) in [7, 11) is 0. The monoisotopic (exact) mass is 315 g/mol. The number of nitrogens with zero attached hydrogens (tertiary/aromatic N) is 1. The summed E-state index contributed by atoms with van der Waals surface area (Å²) in [6.45, 7) is 0.111. The molecular weight excluding hydrogens is 298 g/mol. The maximum Gasteiger partial charge on any atom is 0.393 e. The molecule has 1 aliphatic heterocycles. The van der Waals surface area contributed by atoms with E-state index in [1.807, 2.05) is 0 Å². The Morgan fingerprint density at radius 3 is 2.36 bits per heavy atom. The third kappa shape index (κ3) is 2.71. The molecule has 1 atom stereocenters. The number of likely N-dealkylation sites (tertiary alicyclic amines) is 1. The van der Waals surface area contributed by atoms with E-state index in [0.717, 1.165) is 0 Å². The molecule has 0 spiro atoms. The quantitative estimate of drug-likeness (QED) is 0.763. The zero-order valence-corrected chi connectivity index (χ0v) is 12.0. The molecule has 22 heavy (non-hydrogen) atoms. The van der Waals surface area contributed by atoms with Crippen molar-refractivity contribution in [1.82, 2.24) is 4.90 Å². The van der Waals surface area contributed by atoms with Crippen LogP contribution in [0.15, 0.2) is 24.3 Å². The Balaban J connectivity index is 1.77. The Kier molecular flexibility index (Phi) is 3.65. The minimum Gasteiger partial charge on any atom is -0.341 e. The van der Waals surface area contributed by atoms with Gasteiger partial charge in [0.25, 0.3) is 0 Å². The Morgan fingerprint density at radius 2 is 1.82 bits per heavy atom. The van der Waals surface area contributed by atoms with Crippen LogP contribution in [0.3, 0.4) is 0 Å². The molecule has 1 saturated carbocycles. The summed E-state index contributed by atoms with van der Waals surface area (Å²) >= 11 is 0. The Labute approximate surface area is 126 Å². The average molecular weight is 315 g/mol. The molecule has 6 heteroatoms. The van der Waals surface area contributed by atoms with Crippen LogP contribution >= 0.6 is 0 Å². The average Bonchev–Trinajstić information content (AvgIpc) is 3.28. The van der Waals surface area contributed by atoms with Gasteiger partial charge in [-0.25, -0.2) is 4.39 Å². The third-order valence-corrected chi connectivity index (χ3v) is 4.73. The Bertz CT molecular complexity index is 563. The highest BCUT2D eigenvalue weighted by Crippen LogP contribution is 2.50. The first-order valence-corrected chi connectivity index (χ1v) is 7.45. The normalized spacial score (nSPS) is 24.2. The van der Waals surface area contributed by atoms with Gasteiger partial charge in [-0.15, -0.1) is 0 Å². The molecule has 1 saturated heterocycles. The van der Waals surface area contributed by atoms with Gasteiger partial charge in [0.05, 0.1) is 11.3 Å². The van der Waals surface area contributed by atoms with Crippen LogP contribution in [0.4, 0.5) is 17.6 Å². The molecule has 0 bridgehead atoms. The third-order valence-electron chi connectivity index (χ3n) is 4.73. The van der Waals surface area contributed by atoms with E-state index in [1.54, 1.807) is 12.1 Å². The van der Waals surface area contributed by atoms with Crippen molar-refractivity contribution in [2.45, 2.75) is 37.3 Å². The molecule has 0 aromatic heterocycles. The molecule has 0 radical (unpaired) electrons. The number of amides is 1. The highest BCUT2D eigenvalue weighted by Gasteiger charge is 2.54.